The van der Waals surface area contributed by atoms with Crippen molar-refractivity contribution in [3.63, 3.8) is 0 Å². The Balaban J connectivity index is 0.00000196. The topological polar surface area (TPSA) is 96.6 Å². The molecule has 10 heteroatoms. The second-order valence-electron chi connectivity index (χ2n) is 6.13. The van der Waals surface area contributed by atoms with Gasteiger partial charge in [-0.3, -0.25) is 4.28 Å². The van der Waals surface area contributed by atoms with Gasteiger partial charge in [-0.05, 0) is 43.4 Å². The van der Waals surface area contributed by atoms with Gasteiger partial charge in [-0.2, -0.15) is 8.42 Å². The quantitative estimate of drug-likeness (QED) is 0.307. The van der Waals surface area contributed by atoms with Crippen molar-refractivity contribution in [2.24, 2.45) is 5.16 Å². The third-order valence-corrected chi connectivity index (χ3v) is 5.11. The molecule has 1 aliphatic carbocycles. The maximum atomic E-state index is 10.7. The van der Waals surface area contributed by atoms with Crippen molar-refractivity contribution in [2.75, 3.05) is 0 Å². The molecule has 132 valence electrons. The number of aryl methyl sites for hydroxylation is 1. The van der Waals surface area contributed by atoms with E-state index in [0.717, 1.165) is 30.6 Å². The third kappa shape index (κ3) is 3.95. The summed E-state index contributed by atoms with van der Waals surface area (Å²) in [7, 11) is -4.89. The molecule has 26 heavy (non-hydrogen) atoms. The Kier molecular flexibility index (Phi) is 6.30. The molecule has 0 fully saturated rings. The van der Waals surface area contributed by atoms with Gasteiger partial charge in [0.15, 0.2) is 0 Å². The van der Waals surface area contributed by atoms with E-state index in [1.165, 1.54) is 12.0 Å². The molecule has 1 aromatic carbocycles. The number of allylic oxidation sites excluding steroid dienone is 2. The van der Waals surface area contributed by atoms with Crippen LogP contribution in [-0.4, -0.2) is 28.2 Å². The number of oxime groups is 1. The average molecular weight is 420 g/mol. The van der Waals surface area contributed by atoms with Gasteiger partial charge in [0.2, 0.25) is 0 Å². The Morgan fingerprint density at radius 3 is 2.77 bits per heavy atom. The van der Waals surface area contributed by atoms with Gasteiger partial charge in [0.05, 0.1) is 16.3 Å². The van der Waals surface area contributed by atoms with Crippen molar-refractivity contribution >= 4 is 44.3 Å². The van der Waals surface area contributed by atoms with Crippen molar-refractivity contribution in [2.45, 2.75) is 38.6 Å². The summed E-state index contributed by atoms with van der Waals surface area (Å²) in [5.41, 5.74) is 3.74. The molecular weight excluding hydrogens is 405 g/mol. The van der Waals surface area contributed by atoms with Gasteiger partial charge in [-0.1, -0.05) is 22.8 Å². The predicted molar refractivity (Wildman–Crippen MR) is 93.1 cm³/mol. The molecule has 1 aliphatic heterocycles. The molecule has 7 nitrogen and oxygen atoms in total. The summed E-state index contributed by atoms with van der Waals surface area (Å²) in [6.45, 7) is 0.567. The smallest absolute Gasteiger partial charge is 0.714 e. The van der Waals surface area contributed by atoms with Gasteiger partial charge in [-0.15, -0.1) is 0 Å². The van der Waals surface area contributed by atoms with Crippen LogP contribution in [0.1, 0.15) is 43.5 Å². The summed E-state index contributed by atoms with van der Waals surface area (Å²) >= 11 is 6.32. The first-order valence-electron chi connectivity index (χ1n) is 8.04. The largest absolute Gasteiger partial charge is 1.00 e. The fourth-order valence-electron chi connectivity index (χ4n) is 3.48. The average Bonchev–Trinajstić information content (AvgIpc) is 2.98. The van der Waals surface area contributed by atoms with Gasteiger partial charge in [-0.25, -0.2) is 4.98 Å². The minimum absolute atomic E-state index is 0. The van der Waals surface area contributed by atoms with Crippen LogP contribution in [0.25, 0.3) is 16.6 Å². The van der Waals surface area contributed by atoms with Crippen LogP contribution in [0.15, 0.2) is 23.4 Å². The Labute approximate surface area is 198 Å². The molecule has 0 spiro atoms. The fraction of sp³-hybridized carbons (Fsp3) is 0.375. The van der Waals surface area contributed by atoms with E-state index < -0.39 is 10.4 Å². The molecule has 4 rings (SSSR count). The summed E-state index contributed by atoms with van der Waals surface area (Å²) in [6, 6.07) is 3.45. The summed E-state index contributed by atoms with van der Waals surface area (Å²) in [6.07, 6.45) is 7.01. The molecular formula is C16H15ClKN3O4S. The van der Waals surface area contributed by atoms with Crippen LogP contribution in [0.4, 0.5) is 0 Å². The SMILES string of the molecule is O=S(=O)([O-])O/N=C1\CCn2c(C3=CCCCC3)nc3c(Cl)ccc1c32.[K+]. The van der Waals surface area contributed by atoms with Crippen molar-refractivity contribution in [1.82, 2.24) is 9.55 Å². The number of aromatic nitrogens is 2. The second-order valence-corrected chi connectivity index (χ2v) is 7.50. The number of hydrogen-bond donors (Lipinski definition) is 0. The van der Waals surface area contributed by atoms with E-state index in [9.17, 15) is 13.0 Å². The number of benzene rings is 1. The van der Waals surface area contributed by atoms with E-state index in [1.54, 1.807) is 12.1 Å². The van der Waals surface area contributed by atoms with Crippen LogP contribution in [0.3, 0.4) is 0 Å². The molecule has 1 aromatic heterocycles. The first-order valence-corrected chi connectivity index (χ1v) is 9.75. The monoisotopic (exact) mass is 419 g/mol. The number of rotatable bonds is 3. The number of nitrogens with zero attached hydrogens (tertiary/aromatic N) is 3. The molecule has 0 radical (unpaired) electrons. The summed E-state index contributed by atoms with van der Waals surface area (Å²) < 4.78 is 38.3. The van der Waals surface area contributed by atoms with Crippen LogP contribution < -0.4 is 51.4 Å². The first-order chi connectivity index (χ1) is 11.9. The fourth-order valence-corrected chi connectivity index (χ4v) is 3.86. The molecule has 0 saturated carbocycles. The van der Waals surface area contributed by atoms with Crippen molar-refractivity contribution in [1.29, 1.82) is 0 Å². The van der Waals surface area contributed by atoms with Crippen LogP contribution in [0.5, 0.6) is 0 Å². The zero-order valence-corrected chi connectivity index (χ0v) is 18.9. The van der Waals surface area contributed by atoms with Crippen molar-refractivity contribution in [3.05, 3.63) is 34.6 Å². The normalized spacial score (nSPS) is 18.5. The van der Waals surface area contributed by atoms with Gasteiger partial charge in [0.1, 0.15) is 11.3 Å². The first kappa shape index (κ1) is 20.5. The zero-order chi connectivity index (χ0) is 17.6. The molecule has 0 atom stereocenters. The molecule has 2 aliphatic rings. The van der Waals surface area contributed by atoms with Gasteiger partial charge in [0.25, 0.3) is 10.4 Å². The number of hydrogen-bond acceptors (Lipinski definition) is 6. The minimum atomic E-state index is -4.89. The van der Waals surface area contributed by atoms with E-state index >= 15 is 0 Å². The standard InChI is InChI=1S/C16H16ClN3O4S.K/c17-12-7-6-11-13(19-24-25(21,22)23)8-9-20-15(11)14(12)18-16(20)10-4-2-1-3-5-10;/h4,6-7H,1-3,5,8-9H2,(H,21,22,23);/q;+1/p-1/b19-13+;. The maximum absolute atomic E-state index is 10.7. The predicted octanol–water partition coefficient (Wildman–Crippen LogP) is 0.236. The Morgan fingerprint density at radius 2 is 2.08 bits per heavy atom. The Morgan fingerprint density at radius 1 is 1.27 bits per heavy atom. The van der Waals surface area contributed by atoms with Gasteiger partial charge in [0, 0.05) is 18.5 Å². The van der Waals surface area contributed by atoms with Crippen molar-refractivity contribution in [3.8, 4) is 0 Å². The van der Waals surface area contributed by atoms with E-state index in [4.69, 9.17) is 16.6 Å². The van der Waals surface area contributed by atoms with Crippen LogP contribution in [0, 0.1) is 0 Å². The molecule has 0 amide bonds. The Hall–Kier alpha value is -0.264. The van der Waals surface area contributed by atoms with Gasteiger partial charge < -0.3 is 9.12 Å². The summed E-state index contributed by atoms with van der Waals surface area (Å²) in [5.74, 6) is 0.903. The summed E-state index contributed by atoms with van der Waals surface area (Å²) in [4.78, 5) is 4.74. The van der Waals surface area contributed by atoms with Crippen LogP contribution >= 0.6 is 11.6 Å². The third-order valence-electron chi connectivity index (χ3n) is 4.55. The molecule has 0 bridgehead atoms. The van der Waals surface area contributed by atoms with E-state index in [0.29, 0.717) is 34.8 Å². The van der Waals surface area contributed by atoms with Crippen LogP contribution in [-0.2, 0) is 21.2 Å². The Bertz CT molecular complexity index is 1030. The molecule has 2 aromatic rings. The second kappa shape index (κ2) is 8.00. The minimum Gasteiger partial charge on any atom is -0.714 e. The molecule has 0 unspecified atom stereocenters. The zero-order valence-electron chi connectivity index (χ0n) is 14.2. The van der Waals surface area contributed by atoms with E-state index in [-0.39, 0.29) is 51.4 Å². The number of imidazole rings is 1. The molecule has 2 heterocycles. The van der Waals surface area contributed by atoms with E-state index in [1.807, 2.05) is 0 Å². The number of halogens is 1. The van der Waals surface area contributed by atoms with Crippen LogP contribution in [0.2, 0.25) is 5.02 Å². The summed E-state index contributed by atoms with van der Waals surface area (Å²) in [5, 5.41) is 4.07. The van der Waals surface area contributed by atoms with E-state index in [2.05, 4.69) is 20.1 Å². The van der Waals surface area contributed by atoms with Crippen molar-refractivity contribution < 1.29 is 68.6 Å². The van der Waals surface area contributed by atoms with Gasteiger partial charge >= 0.3 is 51.4 Å². The molecule has 0 N–H and O–H groups in total. The maximum Gasteiger partial charge on any atom is 1.00 e. The molecule has 0 saturated heterocycles.